The second-order valence-corrected chi connectivity index (χ2v) is 8.27. The molecule has 0 radical (unpaired) electrons. The molecular weight excluding hydrogens is 282 g/mol. The molecule has 0 aliphatic carbocycles. The maximum atomic E-state index is 11.6. The largest absolute Gasteiger partial charge is 0.481 e. The topological polar surface area (TPSA) is 94.9 Å². The van der Waals surface area contributed by atoms with Crippen LogP contribution in [-0.4, -0.2) is 66.2 Å². The first-order chi connectivity index (χ1) is 9.30. The van der Waals surface area contributed by atoms with Gasteiger partial charge in [-0.25, -0.2) is 8.42 Å². The standard InChI is InChI=1S/C13H23NO5S/c1-2-4-13(12(16)17)5-3-6-14(9-13)10-7-20(18,19)8-11(10)15/h10-11,15H,2-9H2,1H3,(H,16,17). The lowest BCUT2D eigenvalue weighted by molar-refractivity contribution is -0.154. The lowest BCUT2D eigenvalue weighted by Crippen LogP contribution is -2.54. The fourth-order valence-corrected chi connectivity index (χ4v) is 5.41. The van der Waals surface area contributed by atoms with Crippen molar-refractivity contribution >= 4 is 15.8 Å². The zero-order valence-corrected chi connectivity index (χ0v) is 12.6. The predicted molar refractivity (Wildman–Crippen MR) is 74.2 cm³/mol. The van der Waals surface area contributed by atoms with Gasteiger partial charge in [0.1, 0.15) is 0 Å². The average Bonchev–Trinajstić information content (AvgIpc) is 2.63. The zero-order valence-electron chi connectivity index (χ0n) is 11.8. The first-order valence-electron chi connectivity index (χ1n) is 7.15. The van der Waals surface area contributed by atoms with Crippen LogP contribution in [0.2, 0.25) is 0 Å². The van der Waals surface area contributed by atoms with Crippen molar-refractivity contribution in [1.29, 1.82) is 0 Å². The Balaban J connectivity index is 2.16. The van der Waals surface area contributed by atoms with Crippen LogP contribution >= 0.6 is 0 Å². The van der Waals surface area contributed by atoms with E-state index in [0.29, 0.717) is 25.9 Å². The summed E-state index contributed by atoms with van der Waals surface area (Å²) in [5, 5.41) is 19.5. The highest BCUT2D eigenvalue weighted by molar-refractivity contribution is 7.91. The van der Waals surface area contributed by atoms with Crippen molar-refractivity contribution < 1.29 is 23.4 Å². The van der Waals surface area contributed by atoms with E-state index in [1.807, 2.05) is 11.8 Å². The van der Waals surface area contributed by atoms with Gasteiger partial charge < -0.3 is 10.2 Å². The summed E-state index contributed by atoms with van der Waals surface area (Å²) in [6.45, 7) is 2.96. The van der Waals surface area contributed by atoms with Gasteiger partial charge in [-0.15, -0.1) is 0 Å². The molecule has 2 fully saturated rings. The van der Waals surface area contributed by atoms with Gasteiger partial charge in [-0.1, -0.05) is 13.3 Å². The average molecular weight is 305 g/mol. The fourth-order valence-electron chi connectivity index (χ4n) is 3.57. The molecule has 6 nitrogen and oxygen atoms in total. The van der Waals surface area contributed by atoms with Gasteiger partial charge in [0.15, 0.2) is 9.84 Å². The number of hydrogen-bond donors (Lipinski definition) is 2. The third kappa shape index (κ3) is 2.99. The number of rotatable bonds is 4. The third-order valence-electron chi connectivity index (χ3n) is 4.55. The number of aliphatic hydroxyl groups is 1. The van der Waals surface area contributed by atoms with Crippen molar-refractivity contribution in [1.82, 2.24) is 4.90 Å². The Kier molecular flexibility index (Phi) is 4.41. The minimum atomic E-state index is -3.20. The van der Waals surface area contributed by atoms with Gasteiger partial charge in [0, 0.05) is 6.54 Å². The molecule has 0 aromatic heterocycles. The summed E-state index contributed by atoms with van der Waals surface area (Å²) in [4.78, 5) is 13.5. The molecule has 2 saturated heterocycles. The van der Waals surface area contributed by atoms with E-state index in [1.165, 1.54) is 0 Å². The van der Waals surface area contributed by atoms with Crippen molar-refractivity contribution in [2.24, 2.45) is 5.41 Å². The van der Waals surface area contributed by atoms with Crippen LogP contribution in [0, 0.1) is 5.41 Å². The molecule has 0 bridgehead atoms. The molecule has 2 N–H and O–H groups in total. The molecule has 116 valence electrons. The summed E-state index contributed by atoms with van der Waals surface area (Å²) in [7, 11) is -3.20. The van der Waals surface area contributed by atoms with Crippen molar-refractivity contribution in [2.75, 3.05) is 24.6 Å². The van der Waals surface area contributed by atoms with E-state index in [1.54, 1.807) is 0 Å². The van der Waals surface area contributed by atoms with Gasteiger partial charge in [0.2, 0.25) is 0 Å². The van der Waals surface area contributed by atoms with Crippen LogP contribution < -0.4 is 0 Å². The summed E-state index contributed by atoms with van der Waals surface area (Å²) < 4.78 is 23.2. The number of likely N-dealkylation sites (tertiary alicyclic amines) is 1. The molecule has 0 saturated carbocycles. The van der Waals surface area contributed by atoms with Crippen molar-refractivity contribution in [3.63, 3.8) is 0 Å². The summed E-state index contributed by atoms with van der Waals surface area (Å²) in [5.74, 6) is -1.07. The van der Waals surface area contributed by atoms with Crippen LogP contribution in [-0.2, 0) is 14.6 Å². The Labute approximate surface area is 119 Å². The third-order valence-corrected chi connectivity index (χ3v) is 6.25. The van der Waals surface area contributed by atoms with Gasteiger partial charge in [0.05, 0.1) is 29.1 Å². The Morgan fingerprint density at radius 2 is 2.10 bits per heavy atom. The lowest BCUT2D eigenvalue weighted by Gasteiger charge is -2.43. The molecule has 7 heteroatoms. The fraction of sp³-hybridized carbons (Fsp3) is 0.923. The van der Waals surface area contributed by atoms with E-state index < -0.39 is 33.4 Å². The molecule has 3 unspecified atom stereocenters. The van der Waals surface area contributed by atoms with Gasteiger partial charge in [-0.05, 0) is 25.8 Å². The zero-order chi connectivity index (χ0) is 15.0. The Hall–Kier alpha value is -0.660. The van der Waals surface area contributed by atoms with Gasteiger partial charge >= 0.3 is 5.97 Å². The highest BCUT2D eigenvalue weighted by Crippen LogP contribution is 2.37. The van der Waals surface area contributed by atoms with Crippen LogP contribution in [0.15, 0.2) is 0 Å². The highest BCUT2D eigenvalue weighted by Gasteiger charge is 2.47. The minimum absolute atomic E-state index is 0.0595. The van der Waals surface area contributed by atoms with Crippen LogP contribution in [0.1, 0.15) is 32.6 Å². The summed E-state index contributed by atoms with van der Waals surface area (Å²) in [5.41, 5.74) is -0.793. The van der Waals surface area contributed by atoms with Crippen LogP contribution in [0.4, 0.5) is 0 Å². The molecule has 0 aromatic carbocycles. The molecule has 2 aliphatic rings. The quantitative estimate of drug-likeness (QED) is 0.765. The second-order valence-electron chi connectivity index (χ2n) is 6.12. The molecule has 2 heterocycles. The smallest absolute Gasteiger partial charge is 0.310 e. The highest BCUT2D eigenvalue weighted by atomic mass is 32.2. The number of aliphatic hydroxyl groups excluding tert-OH is 1. The molecule has 2 aliphatic heterocycles. The lowest BCUT2D eigenvalue weighted by atomic mass is 9.76. The maximum absolute atomic E-state index is 11.6. The van der Waals surface area contributed by atoms with Gasteiger partial charge in [0.25, 0.3) is 0 Å². The number of carboxylic acid groups (broad SMARTS) is 1. The van der Waals surface area contributed by atoms with E-state index in [2.05, 4.69) is 0 Å². The number of nitrogens with zero attached hydrogens (tertiary/aromatic N) is 1. The van der Waals surface area contributed by atoms with Crippen molar-refractivity contribution in [3.05, 3.63) is 0 Å². The second kappa shape index (κ2) is 5.61. The number of piperidine rings is 1. The number of sulfone groups is 1. The Morgan fingerprint density at radius 3 is 2.60 bits per heavy atom. The molecule has 0 spiro atoms. The maximum Gasteiger partial charge on any atom is 0.310 e. The molecule has 0 amide bonds. The molecule has 20 heavy (non-hydrogen) atoms. The Morgan fingerprint density at radius 1 is 1.40 bits per heavy atom. The predicted octanol–water partition coefficient (Wildman–Crippen LogP) is 0.111. The molecule has 0 aromatic rings. The Bertz CT molecular complexity index is 473. The summed E-state index contributed by atoms with van der Waals surface area (Å²) in [6.07, 6.45) is 1.84. The SMILES string of the molecule is CCCC1(C(=O)O)CCCN(C2CS(=O)(=O)CC2O)C1. The van der Waals surface area contributed by atoms with E-state index >= 15 is 0 Å². The van der Waals surface area contributed by atoms with E-state index in [0.717, 1.165) is 12.8 Å². The molecule has 3 atom stereocenters. The monoisotopic (exact) mass is 305 g/mol. The number of carbonyl (C=O) groups is 1. The van der Waals surface area contributed by atoms with E-state index in [9.17, 15) is 23.4 Å². The number of aliphatic carboxylic acids is 1. The van der Waals surface area contributed by atoms with E-state index in [-0.39, 0.29) is 11.5 Å². The van der Waals surface area contributed by atoms with E-state index in [4.69, 9.17) is 0 Å². The molecular formula is C13H23NO5S. The van der Waals surface area contributed by atoms with Gasteiger partial charge in [-0.3, -0.25) is 9.69 Å². The van der Waals surface area contributed by atoms with Gasteiger partial charge in [-0.2, -0.15) is 0 Å². The van der Waals surface area contributed by atoms with Crippen molar-refractivity contribution in [2.45, 2.75) is 44.8 Å². The summed E-state index contributed by atoms with van der Waals surface area (Å²) in [6, 6.07) is -0.448. The number of hydrogen-bond acceptors (Lipinski definition) is 5. The van der Waals surface area contributed by atoms with Crippen LogP contribution in [0.3, 0.4) is 0 Å². The number of carboxylic acids is 1. The van der Waals surface area contributed by atoms with Crippen LogP contribution in [0.25, 0.3) is 0 Å². The summed E-state index contributed by atoms with van der Waals surface area (Å²) >= 11 is 0. The van der Waals surface area contributed by atoms with Crippen LogP contribution in [0.5, 0.6) is 0 Å². The molecule has 2 rings (SSSR count). The normalized spacial score (nSPS) is 37.9. The minimum Gasteiger partial charge on any atom is -0.481 e. The first kappa shape index (κ1) is 15.7. The first-order valence-corrected chi connectivity index (χ1v) is 8.98. The van der Waals surface area contributed by atoms with Crippen molar-refractivity contribution in [3.8, 4) is 0 Å².